The van der Waals surface area contributed by atoms with Gasteiger partial charge in [0.2, 0.25) is 5.91 Å². The summed E-state index contributed by atoms with van der Waals surface area (Å²) in [4.78, 5) is 23.9. The molecule has 0 unspecified atom stereocenters. The first-order chi connectivity index (χ1) is 10.1. The number of rotatable bonds is 7. The maximum Gasteiger partial charge on any atom is 0.328 e. The first-order valence-electron chi connectivity index (χ1n) is 6.24. The van der Waals surface area contributed by atoms with Crippen molar-refractivity contribution in [2.24, 2.45) is 0 Å². The zero-order valence-corrected chi connectivity index (χ0v) is 11.9. The molecule has 0 aromatic carbocycles. The molecular weight excluding hydrogens is 292 g/mol. The molecule has 7 nitrogen and oxygen atoms in total. The van der Waals surface area contributed by atoms with Gasteiger partial charge in [-0.3, -0.25) is 9.48 Å². The van der Waals surface area contributed by atoms with Gasteiger partial charge in [0.25, 0.3) is 0 Å². The highest BCUT2D eigenvalue weighted by molar-refractivity contribution is 7.12. The highest BCUT2D eigenvalue weighted by Gasteiger charge is 2.04. The van der Waals surface area contributed by atoms with Crippen LogP contribution in [0.25, 0.3) is 6.08 Å². The van der Waals surface area contributed by atoms with Crippen molar-refractivity contribution < 1.29 is 14.7 Å². The zero-order chi connectivity index (χ0) is 15.1. The number of carboxylic acids is 1. The summed E-state index contributed by atoms with van der Waals surface area (Å²) in [5.41, 5.74) is 0. The third-order valence-electron chi connectivity index (χ3n) is 2.57. The number of nitrogens with one attached hydrogen (secondary N) is 1. The lowest BCUT2D eigenvalue weighted by Gasteiger charge is -2.03. The van der Waals surface area contributed by atoms with Crippen LogP contribution < -0.4 is 5.32 Å². The Morgan fingerprint density at radius 3 is 3.00 bits per heavy atom. The van der Waals surface area contributed by atoms with Gasteiger partial charge in [0, 0.05) is 28.4 Å². The first kappa shape index (κ1) is 14.9. The van der Waals surface area contributed by atoms with E-state index in [9.17, 15) is 9.59 Å². The molecule has 0 bridgehead atoms. The Bertz CT molecular complexity index is 634. The minimum atomic E-state index is -0.980. The molecule has 2 N–H and O–H groups in total. The van der Waals surface area contributed by atoms with Gasteiger partial charge >= 0.3 is 5.97 Å². The lowest BCUT2D eigenvalue weighted by atomic mass is 10.3. The number of aryl methyl sites for hydroxylation is 1. The fourth-order valence-electron chi connectivity index (χ4n) is 1.57. The van der Waals surface area contributed by atoms with E-state index in [-0.39, 0.29) is 5.91 Å². The molecular formula is C13H14N4O3S. The van der Waals surface area contributed by atoms with Crippen LogP contribution >= 0.6 is 11.3 Å². The molecule has 0 saturated heterocycles. The maximum atomic E-state index is 11.7. The molecule has 0 radical (unpaired) electrons. The molecule has 0 fully saturated rings. The third kappa shape index (κ3) is 5.19. The number of nitrogens with zero attached hydrogens (tertiary/aromatic N) is 3. The van der Waals surface area contributed by atoms with E-state index in [1.54, 1.807) is 17.1 Å². The minimum Gasteiger partial charge on any atom is -0.478 e. The Labute approximate surface area is 124 Å². The molecule has 2 aromatic heterocycles. The minimum absolute atomic E-state index is 0.0680. The van der Waals surface area contributed by atoms with E-state index < -0.39 is 5.97 Å². The summed E-state index contributed by atoms with van der Waals surface area (Å²) < 4.78 is 1.60. The van der Waals surface area contributed by atoms with Crippen LogP contribution in [0.3, 0.4) is 0 Å². The second-order valence-electron chi connectivity index (χ2n) is 4.17. The van der Waals surface area contributed by atoms with Crippen molar-refractivity contribution in [2.75, 3.05) is 0 Å². The molecule has 0 spiro atoms. The number of hydrogen-bond acceptors (Lipinski definition) is 5. The van der Waals surface area contributed by atoms with Crippen molar-refractivity contribution in [3.05, 3.63) is 40.4 Å². The van der Waals surface area contributed by atoms with Crippen molar-refractivity contribution in [1.82, 2.24) is 20.3 Å². The topological polar surface area (TPSA) is 97.1 Å². The van der Waals surface area contributed by atoms with E-state index >= 15 is 0 Å². The highest BCUT2D eigenvalue weighted by atomic mass is 32.1. The lowest BCUT2D eigenvalue weighted by Crippen LogP contribution is -2.23. The fraction of sp³-hybridized carbons (Fsp3) is 0.231. The van der Waals surface area contributed by atoms with Gasteiger partial charge in [-0.1, -0.05) is 5.21 Å². The summed E-state index contributed by atoms with van der Waals surface area (Å²) in [6, 6.07) is 3.69. The Morgan fingerprint density at radius 1 is 1.43 bits per heavy atom. The van der Waals surface area contributed by atoms with Crippen LogP contribution in [-0.2, 0) is 22.7 Å². The molecule has 8 heteroatoms. The number of carboxylic acid groups (broad SMARTS) is 1. The van der Waals surface area contributed by atoms with Crippen molar-refractivity contribution in [2.45, 2.75) is 19.5 Å². The maximum absolute atomic E-state index is 11.7. The molecule has 2 aromatic rings. The quantitative estimate of drug-likeness (QED) is 0.748. The second-order valence-corrected chi connectivity index (χ2v) is 5.37. The highest BCUT2D eigenvalue weighted by Crippen LogP contribution is 2.17. The molecule has 0 aliphatic carbocycles. The van der Waals surface area contributed by atoms with Crippen LogP contribution in [0, 0.1) is 0 Å². The summed E-state index contributed by atoms with van der Waals surface area (Å²) in [5.74, 6) is -1.05. The van der Waals surface area contributed by atoms with Crippen LogP contribution in [0.4, 0.5) is 0 Å². The van der Waals surface area contributed by atoms with Crippen LogP contribution in [-0.4, -0.2) is 32.0 Å². The van der Waals surface area contributed by atoms with Gasteiger partial charge in [0.05, 0.1) is 19.3 Å². The largest absolute Gasteiger partial charge is 0.478 e. The molecule has 0 aliphatic heterocycles. The summed E-state index contributed by atoms with van der Waals surface area (Å²) in [6.45, 7) is 0.921. The van der Waals surface area contributed by atoms with Gasteiger partial charge in [-0.05, 0) is 18.2 Å². The predicted molar refractivity (Wildman–Crippen MR) is 77.5 cm³/mol. The Morgan fingerprint density at radius 2 is 2.29 bits per heavy atom. The smallest absolute Gasteiger partial charge is 0.328 e. The average molecular weight is 306 g/mol. The van der Waals surface area contributed by atoms with Gasteiger partial charge in [0.15, 0.2) is 0 Å². The molecule has 0 aliphatic rings. The van der Waals surface area contributed by atoms with Gasteiger partial charge in [-0.25, -0.2) is 4.79 Å². The molecule has 0 atom stereocenters. The Kier molecular flexibility index (Phi) is 5.22. The fourth-order valence-corrected chi connectivity index (χ4v) is 2.43. The molecule has 21 heavy (non-hydrogen) atoms. The van der Waals surface area contributed by atoms with Crippen LogP contribution in [0.2, 0.25) is 0 Å². The van der Waals surface area contributed by atoms with Crippen molar-refractivity contribution in [3.63, 3.8) is 0 Å². The summed E-state index contributed by atoms with van der Waals surface area (Å²) in [7, 11) is 0. The SMILES string of the molecule is O=C(O)C=Cc1ccc(CNC(=O)CCn2ccnn2)s1. The van der Waals surface area contributed by atoms with Crippen molar-refractivity contribution >= 4 is 29.3 Å². The monoisotopic (exact) mass is 306 g/mol. The van der Waals surface area contributed by atoms with Gasteiger partial charge in [-0.2, -0.15) is 0 Å². The second kappa shape index (κ2) is 7.34. The standard InChI is InChI=1S/C13H14N4O3S/c18-12(5-7-17-8-6-15-16-17)14-9-11-2-1-10(21-11)3-4-13(19)20/h1-4,6,8H,5,7,9H2,(H,14,18)(H,19,20). The lowest BCUT2D eigenvalue weighted by molar-refractivity contribution is -0.131. The van der Waals surface area contributed by atoms with E-state index in [0.717, 1.165) is 15.8 Å². The van der Waals surface area contributed by atoms with Crippen LogP contribution in [0.5, 0.6) is 0 Å². The van der Waals surface area contributed by atoms with Crippen molar-refractivity contribution in [3.8, 4) is 0 Å². The summed E-state index contributed by atoms with van der Waals surface area (Å²) in [5, 5.41) is 18.8. The number of aromatic nitrogens is 3. The number of carbonyl (C=O) groups excluding carboxylic acids is 1. The molecule has 110 valence electrons. The van der Waals surface area contributed by atoms with E-state index in [2.05, 4.69) is 15.6 Å². The van der Waals surface area contributed by atoms with E-state index in [1.807, 2.05) is 12.1 Å². The summed E-state index contributed by atoms with van der Waals surface area (Å²) in [6.07, 6.45) is 6.22. The Balaban J connectivity index is 1.75. The number of carbonyl (C=O) groups is 2. The molecule has 2 rings (SSSR count). The van der Waals surface area contributed by atoms with E-state index in [0.29, 0.717) is 19.5 Å². The molecule has 1 amide bonds. The predicted octanol–water partition coefficient (Wildman–Crippen LogP) is 1.14. The van der Waals surface area contributed by atoms with Gasteiger partial charge in [-0.15, -0.1) is 16.4 Å². The summed E-state index contributed by atoms with van der Waals surface area (Å²) >= 11 is 1.44. The number of hydrogen-bond donors (Lipinski definition) is 2. The number of aliphatic carboxylic acids is 1. The Hall–Kier alpha value is -2.48. The average Bonchev–Trinajstić information content (AvgIpc) is 3.12. The van der Waals surface area contributed by atoms with Crippen LogP contribution in [0.1, 0.15) is 16.2 Å². The molecule has 2 heterocycles. The molecule has 0 saturated carbocycles. The zero-order valence-electron chi connectivity index (χ0n) is 11.1. The number of amides is 1. The van der Waals surface area contributed by atoms with Crippen LogP contribution in [0.15, 0.2) is 30.6 Å². The van der Waals surface area contributed by atoms with Gasteiger partial charge < -0.3 is 10.4 Å². The van der Waals surface area contributed by atoms with E-state index in [1.165, 1.54) is 17.4 Å². The van der Waals surface area contributed by atoms with E-state index in [4.69, 9.17) is 5.11 Å². The first-order valence-corrected chi connectivity index (χ1v) is 7.05. The third-order valence-corrected chi connectivity index (χ3v) is 3.62. The van der Waals surface area contributed by atoms with Gasteiger partial charge in [0.1, 0.15) is 0 Å². The number of thiophene rings is 1. The van der Waals surface area contributed by atoms with Crippen molar-refractivity contribution in [1.29, 1.82) is 0 Å². The normalized spacial score (nSPS) is 10.9.